The van der Waals surface area contributed by atoms with Crippen LogP contribution in [0.25, 0.3) is 33.1 Å². The molecule has 0 aliphatic rings. The minimum absolute atomic E-state index is 0.155. The molecule has 4 aromatic carbocycles. The van der Waals surface area contributed by atoms with E-state index >= 15 is 0 Å². The first-order valence-corrected chi connectivity index (χ1v) is 13.3. The predicted octanol–water partition coefficient (Wildman–Crippen LogP) is 6.66. The Hall–Kier alpha value is -4.89. The molecule has 9 heteroatoms. The highest BCUT2D eigenvalue weighted by atomic mass is 32.1. The second-order valence-electron chi connectivity index (χ2n) is 9.21. The van der Waals surface area contributed by atoms with Gasteiger partial charge in [0.05, 0.1) is 38.0 Å². The van der Waals surface area contributed by atoms with Crippen LogP contribution in [0.1, 0.15) is 21.6 Å². The Labute approximate surface area is 234 Å². The first-order chi connectivity index (χ1) is 19.6. The molecule has 0 aliphatic carbocycles. The lowest BCUT2D eigenvalue weighted by Crippen LogP contribution is -2.11. The molecule has 0 unspecified atom stereocenters. The Balaban J connectivity index is 1.55. The van der Waals surface area contributed by atoms with Crippen LogP contribution in [0.15, 0.2) is 84.9 Å². The van der Waals surface area contributed by atoms with Crippen molar-refractivity contribution >= 4 is 39.6 Å². The summed E-state index contributed by atoms with van der Waals surface area (Å²) in [4.78, 5) is 12.9. The van der Waals surface area contributed by atoms with Crippen LogP contribution >= 0.6 is 11.7 Å². The number of carbonyl (C=O) groups is 1. The van der Waals surface area contributed by atoms with Gasteiger partial charge < -0.3 is 23.9 Å². The number of fused-ring (bicyclic) bond motifs is 2. The molecule has 0 aliphatic heterocycles. The zero-order valence-corrected chi connectivity index (χ0v) is 22.6. The molecule has 0 spiro atoms. The topological polar surface area (TPSA) is 95.7 Å². The van der Waals surface area contributed by atoms with Gasteiger partial charge >= 0.3 is 5.97 Å². The Kier molecular flexibility index (Phi) is 6.79. The normalized spacial score (nSPS) is 11.2. The van der Waals surface area contributed by atoms with Gasteiger partial charge in [-0.3, -0.25) is 0 Å². The maximum atomic E-state index is 12.9. The van der Waals surface area contributed by atoms with Gasteiger partial charge in [0, 0.05) is 22.6 Å². The Morgan fingerprint density at radius 2 is 1.68 bits per heavy atom. The number of ether oxygens (including phenoxy) is 3. The molecule has 1 N–H and O–H groups in total. The van der Waals surface area contributed by atoms with Gasteiger partial charge in [-0.25, -0.2) is 4.79 Å². The van der Waals surface area contributed by atoms with Crippen molar-refractivity contribution in [2.45, 2.75) is 13.2 Å². The molecule has 0 fully saturated rings. The van der Waals surface area contributed by atoms with Crippen LogP contribution in [0.5, 0.6) is 17.2 Å². The molecule has 0 saturated carbocycles. The molecule has 2 heterocycles. The number of carboxylic acids is 1. The third-order valence-electron chi connectivity index (χ3n) is 6.85. The lowest BCUT2D eigenvalue weighted by Gasteiger charge is -2.14. The van der Waals surface area contributed by atoms with E-state index in [0.717, 1.165) is 50.4 Å². The molecular weight excluding hydrogens is 526 g/mol. The molecule has 6 rings (SSSR count). The third-order valence-corrected chi connectivity index (χ3v) is 7.40. The van der Waals surface area contributed by atoms with Crippen LogP contribution < -0.4 is 14.2 Å². The van der Waals surface area contributed by atoms with E-state index < -0.39 is 5.97 Å². The van der Waals surface area contributed by atoms with Crippen LogP contribution in [-0.4, -0.2) is 38.6 Å². The number of nitrogens with zero attached hydrogens (tertiary/aromatic N) is 3. The van der Waals surface area contributed by atoms with Crippen molar-refractivity contribution in [2.75, 3.05) is 14.2 Å². The second-order valence-corrected chi connectivity index (χ2v) is 9.74. The number of hydrogen-bond acceptors (Lipinski definition) is 7. The molecule has 8 nitrogen and oxygen atoms in total. The minimum atomic E-state index is -1.05. The first-order valence-electron chi connectivity index (χ1n) is 12.6. The quantitative estimate of drug-likeness (QED) is 0.215. The highest BCUT2D eigenvalue weighted by Crippen LogP contribution is 2.39. The van der Waals surface area contributed by atoms with Crippen molar-refractivity contribution in [3.05, 3.63) is 102 Å². The van der Waals surface area contributed by atoms with Crippen molar-refractivity contribution in [1.29, 1.82) is 0 Å². The number of aromatic carboxylic acids is 1. The second kappa shape index (κ2) is 10.7. The van der Waals surface area contributed by atoms with Gasteiger partial charge in [0.2, 0.25) is 0 Å². The summed E-state index contributed by atoms with van der Waals surface area (Å²) >= 11 is 1.13. The molecule has 200 valence electrons. The van der Waals surface area contributed by atoms with Gasteiger partial charge in [-0.05, 0) is 53.6 Å². The fourth-order valence-corrected chi connectivity index (χ4v) is 5.47. The molecule has 0 radical (unpaired) electrons. The van der Waals surface area contributed by atoms with Crippen molar-refractivity contribution in [2.24, 2.45) is 0 Å². The summed E-state index contributed by atoms with van der Waals surface area (Å²) in [7, 11) is 3.19. The van der Waals surface area contributed by atoms with Gasteiger partial charge in [-0.1, -0.05) is 36.4 Å². The summed E-state index contributed by atoms with van der Waals surface area (Å²) in [5, 5.41) is 11.4. The van der Waals surface area contributed by atoms with Gasteiger partial charge in [-0.15, -0.1) is 0 Å². The van der Waals surface area contributed by atoms with E-state index in [0.29, 0.717) is 29.4 Å². The van der Waals surface area contributed by atoms with Crippen LogP contribution in [0.2, 0.25) is 0 Å². The molecule has 0 bridgehead atoms. The molecular formula is C31H25N3O5S. The predicted molar refractivity (Wildman–Crippen MR) is 155 cm³/mol. The molecule has 0 atom stereocenters. The molecule has 0 amide bonds. The first kappa shape index (κ1) is 25.4. The zero-order chi connectivity index (χ0) is 27.6. The summed E-state index contributed by atoms with van der Waals surface area (Å²) in [5.74, 6) is 0.872. The van der Waals surface area contributed by atoms with E-state index in [2.05, 4.69) is 8.75 Å². The summed E-state index contributed by atoms with van der Waals surface area (Å²) in [5.41, 5.74) is 5.54. The highest BCUT2D eigenvalue weighted by Gasteiger charge is 2.25. The number of benzene rings is 4. The Morgan fingerprint density at radius 3 is 2.45 bits per heavy atom. The van der Waals surface area contributed by atoms with E-state index in [1.54, 1.807) is 18.8 Å². The summed E-state index contributed by atoms with van der Waals surface area (Å²) in [6.45, 7) is 0.629. The molecule has 2 aromatic heterocycles. The van der Waals surface area contributed by atoms with Gasteiger partial charge in [0.25, 0.3) is 0 Å². The van der Waals surface area contributed by atoms with Gasteiger partial charge in [0.1, 0.15) is 40.6 Å². The monoisotopic (exact) mass is 551 g/mol. The standard InChI is InChI=1S/C31H25N3O5S/c1-37-22-10-13-28(38-2)21(14-22)17-34-27-16-23(39-18-19-6-4-3-5-7-19)9-11-24(27)29(30(34)31(35)36)20-8-12-25-26(15-20)33-40-32-25/h3-16H,17-18H2,1-2H3,(H,35,36). The zero-order valence-electron chi connectivity index (χ0n) is 21.8. The van der Waals surface area contributed by atoms with Crippen molar-refractivity contribution in [3.8, 4) is 28.4 Å². The number of aromatic nitrogens is 3. The minimum Gasteiger partial charge on any atom is -0.497 e. The van der Waals surface area contributed by atoms with Crippen LogP contribution in [-0.2, 0) is 13.2 Å². The van der Waals surface area contributed by atoms with Crippen LogP contribution in [0.4, 0.5) is 0 Å². The van der Waals surface area contributed by atoms with Gasteiger partial charge in [0.15, 0.2) is 0 Å². The molecule has 0 saturated heterocycles. The molecule has 6 aromatic rings. The van der Waals surface area contributed by atoms with E-state index in [1.807, 2.05) is 84.9 Å². The van der Waals surface area contributed by atoms with Crippen molar-refractivity contribution in [3.63, 3.8) is 0 Å². The van der Waals surface area contributed by atoms with E-state index in [9.17, 15) is 9.90 Å². The summed E-state index contributed by atoms with van der Waals surface area (Å²) in [6.07, 6.45) is 0. The summed E-state index contributed by atoms with van der Waals surface area (Å²) in [6, 6.07) is 26.7. The SMILES string of the molecule is COc1ccc(OC)c(Cn2c(C(=O)O)c(-c3ccc4nsnc4c3)c3ccc(OCc4ccccc4)cc32)c1. The number of methoxy groups -OCH3 is 2. The highest BCUT2D eigenvalue weighted by molar-refractivity contribution is 7.00. The maximum absolute atomic E-state index is 12.9. The molecule has 40 heavy (non-hydrogen) atoms. The maximum Gasteiger partial charge on any atom is 0.353 e. The fraction of sp³-hybridized carbons (Fsp3) is 0.129. The van der Waals surface area contributed by atoms with E-state index in [4.69, 9.17) is 14.2 Å². The Morgan fingerprint density at radius 1 is 0.875 bits per heavy atom. The van der Waals surface area contributed by atoms with Crippen LogP contribution in [0.3, 0.4) is 0 Å². The lowest BCUT2D eigenvalue weighted by molar-refractivity contribution is 0.0687. The van der Waals surface area contributed by atoms with E-state index in [1.165, 1.54) is 0 Å². The number of hydrogen-bond donors (Lipinski definition) is 1. The van der Waals surface area contributed by atoms with E-state index in [-0.39, 0.29) is 12.2 Å². The smallest absolute Gasteiger partial charge is 0.353 e. The average Bonchev–Trinajstić information content (AvgIpc) is 3.58. The Bertz CT molecular complexity index is 1850. The van der Waals surface area contributed by atoms with Crippen molar-refractivity contribution < 1.29 is 24.1 Å². The largest absolute Gasteiger partial charge is 0.497 e. The fourth-order valence-electron chi connectivity index (χ4n) is 4.95. The van der Waals surface area contributed by atoms with Crippen LogP contribution in [0, 0.1) is 0 Å². The van der Waals surface area contributed by atoms with Gasteiger partial charge in [-0.2, -0.15) is 8.75 Å². The number of carboxylic acid groups (broad SMARTS) is 1. The third kappa shape index (κ3) is 4.71. The lowest BCUT2D eigenvalue weighted by atomic mass is 10.0. The average molecular weight is 552 g/mol. The van der Waals surface area contributed by atoms with Crippen molar-refractivity contribution in [1.82, 2.24) is 13.3 Å². The summed E-state index contributed by atoms with van der Waals surface area (Å²) < 4.78 is 27.6. The number of rotatable bonds is 9.